The number of fused-ring (bicyclic) bond motifs is 3. The van der Waals surface area contributed by atoms with Gasteiger partial charge in [0.05, 0.1) is 45.2 Å². The molecule has 6 aliphatic heterocycles. The van der Waals surface area contributed by atoms with Gasteiger partial charge in [-0.05, 0) is 81.0 Å². The highest BCUT2D eigenvalue weighted by Gasteiger charge is 2.74. The Labute approximate surface area is 516 Å². The molecule has 34 nitrogen and oxygen atoms in total. The average molecular weight is 1310 g/mol. The van der Waals surface area contributed by atoms with Crippen molar-refractivity contribution in [1.29, 1.82) is 0 Å². The van der Waals surface area contributed by atoms with E-state index in [0.29, 0.717) is 38.5 Å². The highest BCUT2D eigenvalue weighted by molar-refractivity contribution is 5.23. The van der Waals surface area contributed by atoms with Crippen LogP contribution in [0.5, 0.6) is 0 Å². The molecule has 32 unspecified atom stereocenters. The molecule has 4 saturated carbocycles. The van der Waals surface area contributed by atoms with Crippen LogP contribution in [0.2, 0.25) is 0 Å². The Morgan fingerprint density at radius 2 is 0.722 bits per heavy atom. The third-order valence-electron chi connectivity index (χ3n) is 22.0. The van der Waals surface area contributed by atoms with Gasteiger partial charge in [-0.25, -0.2) is 0 Å². The summed E-state index contributed by atoms with van der Waals surface area (Å²) in [5.41, 5.74) is -5.90. The first-order valence-corrected chi connectivity index (χ1v) is 30.9. The first kappa shape index (κ1) is 71.4. The van der Waals surface area contributed by atoms with Gasteiger partial charge in [0.2, 0.25) is 0 Å². The van der Waals surface area contributed by atoms with Gasteiger partial charge in [-0.2, -0.15) is 0 Å². The first-order chi connectivity index (χ1) is 42.4. The molecule has 0 aromatic carbocycles. The van der Waals surface area contributed by atoms with Crippen LogP contribution in [-0.2, 0) is 56.8 Å². The Morgan fingerprint density at radius 3 is 1.12 bits per heavy atom. The van der Waals surface area contributed by atoms with Crippen LogP contribution in [0.3, 0.4) is 0 Å². The van der Waals surface area contributed by atoms with Crippen LogP contribution in [0.4, 0.5) is 0 Å². The van der Waals surface area contributed by atoms with Crippen molar-refractivity contribution < 1.29 is 169 Å². The zero-order chi connectivity index (χ0) is 65.6. The number of hydrogen-bond donors (Lipinski definition) is 22. The predicted octanol–water partition coefficient (Wildman–Crippen LogP) is -10.5. The summed E-state index contributed by atoms with van der Waals surface area (Å²) < 4.78 is 73.1. The van der Waals surface area contributed by atoms with E-state index in [0.717, 1.165) is 0 Å². The van der Waals surface area contributed by atoms with Crippen molar-refractivity contribution in [3.8, 4) is 0 Å². The molecular weight excluding hydrogens is 1220 g/mol. The van der Waals surface area contributed by atoms with Gasteiger partial charge in [-0.3, -0.25) is 0 Å². The minimum Gasteiger partial charge on any atom is -0.394 e. The molecule has 0 aromatic heterocycles. The van der Waals surface area contributed by atoms with Crippen LogP contribution in [0.15, 0.2) is 0 Å². The largest absolute Gasteiger partial charge is 0.394 e. The van der Waals surface area contributed by atoms with Crippen LogP contribution in [0.1, 0.15) is 78.6 Å². The molecule has 0 aromatic rings. The van der Waals surface area contributed by atoms with Gasteiger partial charge in [0.1, 0.15) is 152 Å². The Morgan fingerprint density at radius 1 is 0.378 bits per heavy atom. The summed E-state index contributed by atoms with van der Waals surface area (Å²) in [7, 11) is 0. The standard InChI is InChI=1S/C56H94O34/c1-52-7-4-8-53(2,51(77)89-49-43(87-47-39(75)35(71)29(65)21(13-59)81-47)41(31(67)23(15-61)83-49)85-45-37(73)33(69)27(63)19(11-57)79-45)25(52)5-9-55-17-54(3,78)56(18-55,10-6-26(52)55)90-50-44(88-48-40(76)36(72)30(66)22(14-60)82-48)42(32(68)24(16-62)84-50)86-46-38(74)34(70)28(64)20(12-58)80-46/h19-51,57-78H,4-18H2,1-3H3/t19?,20?,21?,22?,23?,24?,25?,26-,27?,28?,29?,30?,31?,32?,33?,34?,35?,36?,37?,38?,39?,40?,41?,42?,43?,44?,45?,46?,47?,48?,49?,50?,51?,52+,53+,54+,55+,56-/m0/s1. The molecule has 90 heavy (non-hydrogen) atoms. The van der Waals surface area contributed by atoms with E-state index in [1.807, 2.05) is 0 Å². The van der Waals surface area contributed by atoms with Crippen LogP contribution >= 0.6 is 0 Å². The molecule has 10 fully saturated rings. The summed E-state index contributed by atoms with van der Waals surface area (Å²) in [5, 5.41) is 241. The summed E-state index contributed by atoms with van der Waals surface area (Å²) in [6.07, 6.45) is -54.8. The summed E-state index contributed by atoms with van der Waals surface area (Å²) in [6, 6.07) is 0. The quantitative estimate of drug-likeness (QED) is 0.0422. The molecule has 22 N–H and O–H groups in total. The monoisotopic (exact) mass is 1310 g/mol. The van der Waals surface area contributed by atoms with Crippen molar-refractivity contribution >= 4 is 0 Å². The van der Waals surface area contributed by atoms with Crippen molar-refractivity contribution in [3.05, 3.63) is 0 Å². The van der Waals surface area contributed by atoms with Crippen LogP contribution in [-0.4, -0.2) is 354 Å². The molecule has 38 atom stereocenters. The molecule has 10 aliphatic rings. The number of hydrogen-bond acceptors (Lipinski definition) is 34. The molecule has 522 valence electrons. The SMILES string of the molecule is C[C@@]1(C(O)OC2OC(CO)C(O)C(OC3OC(CO)C(O)C(O)C3O)C2OC2OC(CO)C(O)C(O)C2O)CCC[C@]2(C)C1CC[C@@]13C[C@@](OC4OC(CO)C(O)C(OC5OC(CO)C(O)C(O)C5O)C4OC4OC(CO)C(O)C(O)C4O)(CC[C@H]12)[C@](C)(O)C3. The average Bonchev–Trinajstić information content (AvgIpc) is 1.45. The van der Waals surface area contributed by atoms with Gasteiger partial charge in [-0.15, -0.1) is 0 Å². The lowest BCUT2D eigenvalue weighted by atomic mass is 9.40. The minimum absolute atomic E-state index is 0.0926. The first-order valence-electron chi connectivity index (χ1n) is 30.9. The lowest BCUT2D eigenvalue weighted by Crippen LogP contribution is -2.68. The summed E-state index contributed by atoms with van der Waals surface area (Å²) in [4.78, 5) is 0. The van der Waals surface area contributed by atoms with E-state index in [2.05, 4.69) is 6.92 Å². The van der Waals surface area contributed by atoms with Crippen molar-refractivity contribution in [2.24, 2.45) is 28.1 Å². The molecule has 4 aliphatic carbocycles. The fourth-order valence-electron chi connectivity index (χ4n) is 17.1. The maximum absolute atomic E-state index is 12.9. The molecule has 1 spiro atoms. The third-order valence-corrected chi connectivity index (χ3v) is 22.0. The lowest BCUT2D eigenvalue weighted by molar-refractivity contribution is -0.409. The van der Waals surface area contributed by atoms with Crippen molar-refractivity contribution in [2.75, 3.05) is 39.6 Å². The number of aliphatic hydroxyl groups excluding tert-OH is 21. The second-order valence-corrected chi connectivity index (χ2v) is 27.3. The molecule has 2 bridgehead atoms. The zero-order valence-corrected chi connectivity index (χ0v) is 49.9. The van der Waals surface area contributed by atoms with Crippen molar-refractivity contribution in [1.82, 2.24) is 0 Å². The van der Waals surface area contributed by atoms with Gasteiger partial charge in [-0.1, -0.05) is 20.3 Å². The maximum Gasteiger partial charge on any atom is 0.190 e. The van der Waals surface area contributed by atoms with Crippen molar-refractivity contribution in [3.63, 3.8) is 0 Å². The van der Waals surface area contributed by atoms with E-state index in [1.54, 1.807) is 13.8 Å². The van der Waals surface area contributed by atoms with Gasteiger partial charge >= 0.3 is 0 Å². The van der Waals surface area contributed by atoms with Gasteiger partial charge in [0, 0.05) is 5.41 Å². The molecule has 34 heteroatoms. The smallest absolute Gasteiger partial charge is 0.190 e. The molecule has 6 heterocycles. The zero-order valence-electron chi connectivity index (χ0n) is 49.9. The highest BCUT2D eigenvalue weighted by atomic mass is 16.8. The molecule has 0 amide bonds. The molecule has 0 radical (unpaired) electrons. The Bertz CT molecular complexity index is 2350. The maximum atomic E-state index is 12.9. The third kappa shape index (κ3) is 12.4. The highest BCUT2D eigenvalue weighted by Crippen LogP contribution is 2.75. The van der Waals surface area contributed by atoms with E-state index in [-0.39, 0.29) is 25.2 Å². The second kappa shape index (κ2) is 27.5. The Balaban J connectivity index is 0.932. The molecule has 6 saturated heterocycles. The van der Waals surface area contributed by atoms with Crippen LogP contribution in [0.25, 0.3) is 0 Å². The normalized spacial score (nSPS) is 56.1. The predicted molar refractivity (Wildman–Crippen MR) is 287 cm³/mol. The van der Waals surface area contributed by atoms with E-state index in [9.17, 15) is 112 Å². The van der Waals surface area contributed by atoms with Crippen molar-refractivity contribution in [2.45, 2.75) is 280 Å². The van der Waals surface area contributed by atoms with E-state index in [4.69, 9.17) is 56.8 Å². The van der Waals surface area contributed by atoms with E-state index < -0.39 is 264 Å². The molecule has 10 rings (SSSR count). The second-order valence-electron chi connectivity index (χ2n) is 27.3. The van der Waals surface area contributed by atoms with Gasteiger partial charge < -0.3 is 169 Å². The van der Waals surface area contributed by atoms with Crippen LogP contribution < -0.4 is 0 Å². The van der Waals surface area contributed by atoms with E-state index >= 15 is 0 Å². The van der Waals surface area contributed by atoms with Crippen LogP contribution in [0, 0.1) is 28.1 Å². The Hall–Kier alpha value is -1.36. The topological polar surface area (TPSA) is 556 Å². The number of ether oxygens (including phenoxy) is 12. The fraction of sp³-hybridized carbons (Fsp3) is 1.00. The number of aliphatic hydroxyl groups is 22. The molecular formula is C56H94O34. The summed E-state index contributed by atoms with van der Waals surface area (Å²) in [5.74, 6) is -0.635. The minimum atomic E-state index is -2.07. The van der Waals surface area contributed by atoms with E-state index in [1.165, 1.54) is 0 Å². The van der Waals surface area contributed by atoms with Gasteiger partial charge in [0.15, 0.2) is 44.0 Å². The van der Waals surface area contributed by atoms with Gasteiger partial charge in [0.25, 0.3) is 0 Å². The summed E-state index contributed by atoms with van der Waals surface area (Å²) >= 11 is 0. The fourth-order valence-corrected chi connectivity index (χ4v) is 17.1. The Kier molecular flexibility index (Phi) is 21.8. The summed E-state index contributed by atoms with van der Waals surface area (Å²) in [6.45, 7) is 0.0949. The number of rotatable bonds is 19. The lowest BCUT2D eigenvalue weighted by Gasteiger charge is -2.65.